The van der Waals surface area contributed by atoms with Crippen LogP contribution >= 0.6 is 0 Å². The third-order valence-electron chi connectivity index (χ3n) is 5.45. The van der Waals surface area contributed by atoms with Gasteiger partial charge < -0.3 is 15.0 Å². The molecule has 8 heteroatoms. The van der Waals surface area contributed by atoms with Crippen molar-refractivity contribution in [2.45, 2.75) is 26.4 Å². The fourth-order valence-electron chi connectivity index (χ4n) is 3.84. The third-order valence-corrected chi connectivity index (χ3v) is 5.45. The second-order valence-electron chi connectivity index (χ2n) is 7.95. The molecule has 0 spiro atoms. The number of ether oxygens (including phenoxy) is 1. The minimum atomic E-state index is -0.183. The lowest BCUT2D eigenvalue weighted by atomic mass is 10.1. The van der Waals surface area contributed by atoms with Crippen molar-refractivity contribution in [2.75, 3.05) is 32.6 Å². The number of anilines is 1. The Balaban J connectivity index is 1.80. The fraction of sp³-hybridized carbons (Fsp3) is 0.333. The van der Waals surface area contributed by atoms with Crippen LogP contribution in [0, 0.1) is 13.8 Å². The zero-order chi connectivity index (χ0) is 22.7. The highest BCUT2D eigenvalue weighted by Gasteiger charge is 2.21. The predicted molar refractivity (Wildman–Crippen MR) is 127 cm³/mol. The molecule has 4 rings (SSSR count). The molecule has 1 aromatic carbocycles. The van der Waals surface area contributed by atoms with Gasteiger partial charge in [0.1, 0.15) is 23.1 Å². The molecule has 0 amide bonds. The van der Waals surface area contributed by atoms with Gasteiger partial charge in [0.15, 0.2) is 5.82 Å². The van der Waals surface area contributed by atoms with Crippen LogP contribution in [0.5, 0.6) is 5.75 Å². The van der Waals surface area contributed by atoms with Crippen molar-refractivity contribution >= 4 is 16.7 Å². The van der Waals surface area contributed by atoms with Gasteiger partial charge in [0.2, 0.25) is 0 Å². The highest BCUT2D eigenvalue weighted by molar-refractivity contribution is 5.92. The molecule has 0 aliphatic heterocycles. The van der Waals surface area contributed by atoms with Gasteiger partial charge in [0.25, 0.3) is 0 Å². The van der Waals surface area contributed by atoms with Crippen LogP contribution in [-0.2, 0) is 0 Å². The standard InChI is InChI=1S/C24H29N7O/c1-16-22-17(2)31(29-23(22)24(28-27-16)30(4)5)19-11-6-7-12-21(19)32-20(13-15-25-3)18-10-8-9-14-26-18/h6-12,14,20,25H,13,15H2,1-5H3. The van der Waals surface area contributed by atoms with Gasteiger partial charge in [0, 0.05) is 26.7 Å². The van der Waals surface area contributed by atoms with Gasteiger partial charge >= 0.3 is 0 Å². The van der Waals surface area contributed by atoms with Gasteiger partial charge in [-0.2, -0.15) is 10.2 Å². The molecule has 0 aliphatic carbocycles. The van der Waals surface area contributed by atoms with Crippen molar-refractivity contribution in [3.05, 3.63) is 65.7 Å². The van der Waals surface area contributed by atoms with Crippen molar-refractivity contribution in [3.63, 3.8) is 0 Å². The van der Waals surface area contributed by atoms with Crippen LogP contribution in [0.15, 0.2) is 48.7 Å². The summed E-state index contributed by atoms with van der Waals surface area (Å²) in [5.74, 6) is 1.49. The average molecular weight is 432 g/mol. The van der Waals surface area contributed by atoms with Crippen molar-refractivity contribution < 1.29 is 4.74 Å². The maximum atomic E-state index is 6.54. The van der Waals surface area contributed by atoms with Crippen LogP contribution in [0.2, 0.25) is 0 Å². The maximum absolute atomic E-state index is 6.54. The lowest BCUT2D eigenvalue weighted by Gasteiger charge is -2.21. The zero-order valence-corrected chi connectivity index (χ0v) is 19.2. The van der Waals surface area contributed by atoms with Gasteiger partial charge in [-0.05, 0) is 51.7 Å². The molecular weight excluding hydrogens is 402 g/mol. The molecule has 0 saturated carbocycles. The first-order valence-corrected chi connectivity index (χ1v) is 10.7. The largest absolute Gasteiger partial charge is 0.482 e. The molecule has 166 valence electrons. The monoisotopic (exact) mass is 431 g/mol. The van der Waals surface area contributed by atoms with Crippen LogP contribution in [-0.4, -0.2) is 52.6 Å². The molecule has 4 aromatic rings. The van der Waals surface area contributed by atoms with Gasteiger partial charge in [-0.15, -0.1) is 5.10 Å². The Kier molecular flexibility index (Phi) is 6.32. The number of pyridine rings is 1. The zero-order valence-electron chi connectivity index (χ0n) is 19.2. The minimum absolute atomic E-state index is 0.183. The summed E-state index contributed by atoms with van der Waals surface area (Å²) in [4.78, 5) is 6.46. The summed E-state index contributed by atoms with van der Waals surface area (Å²) < 4.78 is 8.47. The molecule has 0 aliphatic rings. The highest BCUT2D eigenvalue weighted by Crippen LogP contribution is 2.33. The molecule has 0 radical (unpaired) electrons. The van der Waals surface area contributed by atoms with Crippen molar-refractivity contribution in [1.29, 1.82) is 0 Å². The fourth-order valence-corrected chi connectivity index (χ4v) is 3.84. The molecular formula is C24H29N7O. The Morgan fingerprint density at radius 2 is 1.84 bits per heavy atom. The number of fused-ring (bicyclic) bond motifs is 1. The Morgan fingerprint density at radius 1 is 1.06 bits per heavy atom. The number of rotatable bonds is 8. The number of nitrogens with zero attached hydrogens (tertiary/aromatic N) is 6. The SMILES string of the molecule is CNCCC(Oc1ccccc1-n1nc2c(N(C)C)nnc(C)c2c1C)c1ccccn1. The second kappa shape index (κ2) is 9.32. The molecule has 32 heavy (non-hydrogen) atoms. The molecule has 3 heterocycles. The summed E-state index contributed by atoms with van der Waals surface area (Å²) in [6, 6.07) is 13.9. The van der Waals surface area contributed by atoms with E-state index in [9.17, 15) is 0 Å². The van der Waals surface area contributed by atoms with Crippen LogP contribution in [0.4, 0.5) is 5.82 Å². The van der Waals surface area contributed by atoms with Crippen LogP contribution < -0.4 is 15.0 Å². The maximum Gasteiger partial charge on any atom is 0.179 e. The lowest BCUT2D eigenvalue weighted by molar-refractivity contribution is 0.189. The minimum Gasteiger partial charge on any atom is -0.482 e. The Morgan fingerprint density at radius 3 is 2.56 bits per heavy atom. The predicted octanol–water partition coefficient (Wildman–Crippen LogP) is 3.62. The number of benzene rings is 1. The smallest absolute Gasteiger partial charge is 0.179 e. The lowest BCUT2D eigenvalue weighted by Crippen LogP contribution is -2.18. The average Bonchev–Trinajstić information content (AvgIpc) is 3.15. The second-order valence-corrected chi connectivity index (χ2v) is 7.95. The van der Waals surface area contributed by atoms with E-state index in [1.807, 2.05) is 80.1 Å². The van der Waals surface area contributed by atoms with Gasteiger partial charge in [-0.3, -0.25) is 4.98 Å². The highest BCUT2D eigenvalue weighted by atomic mass is 16.5. The summed E-state index contributed by atoms with van der Waals surface area (Å²) in [6.07, 6.45) is 2.41. The molecule has 0 fully saturated rings. The number of aromatic nitrogens is 5. The molecule has 0 bridgehead atoms. The number of aryl methyl sites for hydroxylation is 2. The van der Waals surface area contributed by atoms with Crippen LogP contribution in [0.1, 0.15) is 29.6 Å². The van der Waals surface area contributed by atoms with Crippen molar-refractivity contribution in [3.8, 4) is 11.4 Å². The quantitative estimate of drug-likeness (QED) is 0.456. The summed E-state index contributed by atoms with van der Waals surface area (Å²) in [6.45, 7) is 4.83. The number of hydrogen-bond acceptors (Lipinski definition) is 7. The van der Waals surface area contributed by atoms with Gasteiger partial charge in [0.05, 0.1) is 22.5 Å². The normalized spacial score (nSPS) is 12.2. The van der Waals surface area contributed by atoms with E-state index in [4.69, 9.17) is 9.84 Å². The molecule has 3 aromatic heterocycles. The first kappa shape index (κ1) is 21.7. The first-order chi connectivity index (χ1) is 15.5. The molecule has 8 nitrogen and oxygen atoms in total. The van der Waals surface area contributed by atoms with Crippen molar-refractivity contribution in [2.24, 2.45) is 0 Å². The van der Waals surface area contributed by atoms with E-state index in [1.54, 1.807) is 6.20 Å². The summed E-state index contributed by atoms with van der Waals surface area (Å²) in [5, 5.41) is 17.8. The first-order valence-electron chi connectivity index (χ1n) is 10.7. The van der Waals surface area contributed by atoms with E-state index < -0.39 is 0 Å². The van der Waals surface area contributed by atoms with Crippen LogP contribution in [0.25, 0.3) is 16.6 Å². The number of nitrogens with one attached hydrogen (secondary N) is 1. The summed E-state index contributed by atoms with van der Waals surface area (Å²) >= 11 is 0. The molecule has 0 saturated heterocycles. The van der Waals surface area contributed by atoms with E-state index in [-0.39, 0.29) is 6.10 Å². The Labute approximate surface area is 188 Å². The Hall–Kier alpha value is -3.52. The molecule has 1 atom stereocenters. The molecule has 1 unspecified atom stereocenters. The van der Waals surface area contributed by atoms with Gasteiger partial charge in [-0.1, -0.05) is 18.2 Å². The van der Waals surface area contributed by atoms with Gasteiger partial charge in [-0.25, -0.2) is 4.68 Å². The van der Waals surface area contributed by atoms with E-state index in [2.05, 4.69) is 27.4 Å². The number of hydrogen-bond donors (Lipinski definition) is 1. The van der Waals surface area contributed by atoms with Crippen LogP contribution in [0.3, 0.4) is 0 Å². The number of para-hydroxylation sites is 2. The van der Waals surface area contributed by atoms with E-state index in [1.165, 1.54) is 0 Å². The van der Waals surface area contributed by atoms with E-state index in [0.717, 1.165) is 58.2 Å². The Bertz CT molecular complexity index is 1200. The van der Waals surface area contributed by atoms with Crippen molar-refractivity contribution in [1.82, 2.24) is 30.3 Å². The summed E-state index contributed by atoms with van der Waals surface area (Å²) in [5.41, 5.74) is 4.45. The molecule has 1 N–H and O–H groups in total. The third kappa shape index (κ3) is 4.13. The topological polar surface area (TPSA) is 81.0 Å². The van der Waals surface area contributed by atoms with E-state index in [0.29, 0.717) is 0 Å². The summed E-state index contributed by atoms with van der Waals surface area (Å²) in [7, 11) is 5.83. The van der Waals surface area contributed by atoms with E-state index >= 15 is 0 Å².